The van der Waals surface area contributed by atoms with Crippen molar-refractivity contribution in [2.75, 3.05) is 18.5 Å². The third kappa shape index (κ3) is 3.81. The Morgan fingerprint density at radius 2 is 2.17 bits per heavy atom. The lowest BCUT2D eigenvalue weighted by Crippen LogP contribution is -2.34. The van der Waals surface area contributed by atoms with Gasteiger partial charge in [0.05, 0.1) is 17.5 Å². The highest BCUT2D eigenvalue weighted by Gasteiger charge is 2.18. The van der Waals surface area contributed by atoms with Crippen LogP contribution in [0.5, 0.6) is 0 Å². The van der Waals surface area contributed by atoms with Crippen molar-refractivity contribution in [3.63, 3.8) is 0 Å². The van der Waals surface area contributed by atoms with Crippen LogP contribution in [0.15, 0.2) is 15.5 Å². The first-order valence-electron chi connectivity index (χ1n) is 6.04. The third-order valence-corrected chi connectivity index (χ3v) is 3.29. The lowest BCUT2D eigenvalue weighted by atomic mass is 10.1. The molecule has 0 bridgehead atoms. The molecule has 0 aromatic carbocycles. The number of rotatable bonds is 6. The fourth-order valence-electron chi connectivity index (χ4n) is 1.56. The largest absolute Gasteiger partial charge is 0.380 e. The highest BCUT2D eigenvalue weighted by Crippen LogP contribution is 2.18. The molecule has 0 aliphatic rings. The fraction of sp³-hybridized carbons (Fsp3) is 0.667. The van der Waals surface area contributed by atoms with Crippen molar-refractivity contribution in [2.24, 2.45) is 0 Å². The van der Waals surface area contributed by atoms with Crippen molar-refractivity contribution < 1.29 is 4.74 Å². The van der Waals surface area contributed by atoms with E-state index in [0.29, 0.717) is 29.9 Å². The lowest BCUT2D eigenvalue weighted by Gasteiger charge is -2.25. The summed E-state index contributed by atoms with van der Waals surface area (Å²) in [5, 5.41) is 7.26. The minimum Gasteiger partial charge on any atom is -0.380 e. The van der Waals surface area contributed by atoms with Gasteiger partial charge in [-0.15, -0.1) is 0 Å². The molecule has 1 N–H and O–H groups in total. The zero-order valence-electron chi connectivity index (χ0n) is 11.3. The van der Waals surface area contributed by atoms with Gasteiger partial charge in [-0.1, -0.05) is 0 Å². The second kappa shape index (κ2) is 6.33. The van der Waals surface area contributed by atoms with Crippen molar-refractivity contribution >= 4 is 21.6 Å². The Bertz CT molecular complexity index is 457. The molecule has 1 rings (SSSR count). The molecule has 5 nitrogen and oxygen atoms in total. The summed E-state index contributed by atoms with van der Waals surface area (Å²) < 4.78 is 7.50. The van der Waals surface area contributed by atoms with E-state index >= 15 is 0 Å². The molecule has 0 amide bonds. The molecule has 0 atom stereocenters. The number of nitrogens with one attached hydrogen (secondary N) is 1. The van der Waals surface area contributed by atoms with Gasteiger partial charge in [-0.3, -0.25) is 4.79 Å². The summed E-state index contributed by atoms with van der Waals surface area (Å²) in [6.07, 6.45) is 1.65. The van der Waals surface area contributed by atoms with Gasteiger partial charge in [0.1, 0.15) is 4.47 Å². The van der Waals surface area contributed by atoms with E-state index in [1.54, 1.807) is 6.20 Å². The molecule has 102 valence electrons. The van der Waals surface area contributed by atoms with Crippen molar-refractivity contribution in [3.8, 4) is 0 Å². The maximum atomic E-state index is 11.9. The number of anilines is 1. The van der Waals surface area contributed by atoms with Crippen molar-refractivity contribution in [1.29, 1.82) is 0 Å². The minimum absolute atomic E-state index is 0.128. The molecule has 0 unspecified atom stereocenters. The van der Waals surface area contributed by atoms with Crippen molar-refractivity contribution in [2.45, 2.75) is 39.8 Å². The molecule has 1 aromatic heterocycles. The topological polar surface area (TPSA) is 56.1 Å². The summed E-state index contributed by atoms with van der Waals surface area (Å²) in [5.41, 5.74) is 0.280. The quantitative estimate of drug-likeness (QED) is 0.874. The van der Waals surface area contributed by atoms with Crippen LogP contribution in [0.1, 0.15) is 27.7 Å². The second-order valence-corrected chi connectivity index (χ2v) is 5.33. The summed E-state index contributed by atoms with van der Waals surface area (Å²) in [5.74, 6) is 0. The van der Waals surface area contributed by atoms with Gasteiger partial charge in [0, 0.05) is 19.7 Å². The molecular formula is C12H20BrN3O2. The molecule has 1 aromatic rings. The van der Waals surface area contributed by atoms with Gasteiger partial charge in [-0.05, 0) is 43.6 Å². The highest BCUT2D eigenvalue weighted by molar-refractivity contribution is 9.10. The van der Waals surface area contributed by atoms with Crippen molar-refractivity contribution in [1.82, 2.24) is 9.78 Å². The number of hydrogen-bond donors (Lipinski definition) is 1. The number of nitrogens with zero attached hydrogens (tertiary/aromatic N) is 2. The van der Waals surface area contributed by atoms with Gasteiger partial charge in [0.2, 0.25) is 0 Å². The van der Waals surface area contributed by atoms with Crippen LogP contribution in [-0.4, -0.2) is 28.5 Å². The zero-order valence-corrected chi connectivity index (χ0v) is 12.9. The number of ether oxygens (including phenoxy) is 1. The first-order chi connectivity index (χ1) is 8.41. The molecule has 0 radical (unpaired) electrons. The van der Waals surface area contributed by atoms with Crippen LogP contribution in [0.3, 0.4) is 0 Å². The Balaban J connectivity index is 2.81. The molecular weight excluding hydrogens is 298 g/mol. The predicted molar refractivity (Wildman–Crippen MR) is 76.1 cm³/mol. The normalized spacial score (nSPS) is 11.6. The van der Waals surface area contributed by atoms with Crippen LogP contribution >= 0.6 is 15.9 Å². The fourth-order valence-corrected chi connectivity index (χ4v) is 2.01. The number of aromatic nitrogens is 2. The average molecular weight is 318 g/mol. The first kappa shape index (κ1) is 15.2. The maximum Gasteiger partial charge on any atom is 0.283 e. The minimum atomic E-state index is -0.284. The van der Waals surface area contributed by atoms with Gasteiger partial charge in [0.15, 0.2) is 0 Å². The van der Waals surface area contributed by atoms with E-state index in [1.807, 2.05) is 27.7 Å². The lowest BCUT2D eigenvalue weighted by molar-refractivity contribution is 0.000680. The Morgan fingerprint density at radius 3 is 2.72 bits per heavy atom. The molecule has 0 aliphatic heterocycles. The van der Waals surface area contributed by atoms with Gasteiger partial charge >= 0.3 is 0 Å². The van der Waals surface area contributed by atoms with Gasteiger partial charge < -0.3 is 10.1 Å². The number of halogens is 1. The van der Waals surface area contributed by atoms with Gasteiger partial charge in [-0.2, -0.15) is 5.10 Å². The third-order valence-electron chi connectivity index (χ3n) is 2.52. The van der Waals surface area contributed by atoms with E-state index in [4.69, 9.17) is 4.74 Å². The van der Waals surface area contributed by atoms with E-state index in [9.17, 15) is 4.79 Å². The number of hydrogen-bond acceptors (Lipinski definition) is 4. The molecule has 0 fully saturated rings. The molecule has 0 saturated carbocycles. The van der Waals surface area contributed by atoms with Crippen LogP contribution in [0.2, 0.25) is 0 Å². The molecule has 1 heterocycles. The maximum absolute atomic E-state index is 11.9. The summed E-state index contributed by atoms with van der Waals surface area (Å²) in [6, 6.07) is 0. The Kier molecular flexibility index (Phi) is 5.34. The Morgan fingerprint density at radius 1 is 1.50 bits per heavy atom. The van der Waals surface area contributed by atoms with Gasteiger partial charge in [0.25, 0.3) is 5.56 Å². The van der Waals surface area contributed by atoms with Crippen molar-refractivity contribution in [3.05, 3.63) is 21.0 Å². The van der Waals surface area contributed by atoms with Crippen LogP contribution in [0.4, 0.5) is 5.69 Å². The standard InChI is InChI=1S/C12H20BrN3O2/c1-5-16-11(17)10(13)9(7-15-16)14-8-12(3,4)18-6-2/h7,14H,5-6,8H2,1-4H3. The molecule has 0 spiro atoms. The average Bonchev–Trinajstić information content (AvgIpc) is 2.31. The Hall–Kier alpha value is -0.880. The molecule has 0 aliphatic carbocycles. The van der Waals surface area contributed by atoms with E-state index in [0.717, 1.165) is 0 Å². The van der Waals surface area contributed by atoms with Crippen LogP contribution in [0, 0.1) is 0 Å². The monoisotopic (exact) mass is 317 g/mol. The molecule has 6 heteroatoms. The second-order valence-electron chi connectivity index (χ2n) is 4.54. The number of aryl methyl sites for hydroxylation is 1. The first-order valence-corrected chi connectivity index (χ1v) is 6.84. The zero-order chi connectivity index (χ0) is 13.8. The van der Waals surface area contributed by atoms with Crippen LogP contribution in [-0.2, 0) is 11.3 Å². The highest BCUT2D eigenvalue weighted by atomic mass is 79.9. The summed E-state index contributed by atoms with van der Waals surface area (Å²) in [6.45, 7) is 9.66. The smallest absolute Gasteiger partial charge is 0.283 e. The van der Waals surface area contributed by atoms with Crippen LogP contribution in [0.25, 0.3) is 0 Å². The molecule has 0 saturated heterocycles. The van der Waals surface area contributed by atoms with E-state index in [-0.39, 0.29) is 11.2 Å². The SMILES string of the molecule is CCOC(C)(C)CNc1cnn(CC)c(=O)c1Br. The summed E-state index contributed by atoms with van der Waals surface area (Å²) in [4.78, 5) is 11.9. The van der Waals surface area contributed by atoms with E-state index in [2.05, 4.69) is 26.3 Å². The predicted octanol–water partition coefficient (Wildman–Crippen LogP) is 2.25. The van der Waals surface area contributed by atoms with E-state index < -0.39 is 0 Å². The summed E-state index contributed by atoms with van der Waals surface area (Å²) in [7, 11) is 0. The van der Waals surface area contributed by atoms with Gasteiger partial charge in [-0.25, -0.2) is 4.68 Å². The van der Waals surface area contributed by atoms with Crippen LogP contribution < -0.4 is 10.9 Å². The Labute approximate surface area is 116 Å². The van der Waals surface area contributed by atoms with E-state index in [1.165, 1.54) is 4.68 Å². The molecule has 18 heavy (non-hydrogen) atoms. The summed E-state index contributed by atoms with van der Waals surface area (Å²) >= 11 is 3.30.